The number of hydrogen-bond donors (Lipinski definition) is 1. The maximum atomic E-state index is 4.26. The van der Waals surface area contributed by atoms with Crippen molar-refractivity contribution in [1.29, 1.82) is 0 Å². The van der Waals surface area contributed by atoms with Crippen molar-refractivity contribution in [2.45, 2.75) is 15.8 Å². The second-order valence-corrected chi connectivity index (χ2v) is 6.23. The van der Waals surface area contributed by atoms with Crippen LogP contribution < -0.4 is 5.32 Å². The molecule has 5 heteroatoms. The molecule has 0 aliphatic heterocycles. The van der Waals surface area contributed by atoms with E-state index in [1.165, 1.54) is 10.5 Å². The summed E-state index contributed by atoms with van der Waals surface area (Å²) in [5, 5.41) is 5.13. The number of aromatic nitrogens is 1. The van der Waals surface area contributed by atoms with Crippen molar-refractivity contribution in [2.75, 3.05) is 7.05 Å². The van der Waals surface area contributed by atoms with Crippen molar-refractivity contribution in [1.82, 2.24) is 10.3 Å². The molecule has 0 unspecified atom stereocenters. The van der Waals surface area contributed by atoms with Crippen molar-refractivity contribution >= 4 is 39.0 Å². The van der Waals surface area contributed by atoms with Crippen LogP contribution in [0, 0.1) is 0 Å². The Morgan fingerprint density at radius 1 is 1.50 bits per heavy atom. The Labute approximate surface area is 112 Å². The Kier molecular flexibility index (Phi) is 4.40. The molecule has 2 nitrogen and oxygen atoms in total. The van der Waals surface area contributed by atoms with Crippen LogP contribution in [-0.4, -0.2) is 12.0 Å². The van der Waals surface area contributed by atoms with E-state index in [0.717, 1.165) is 15.4 Å². The lowest BCUT2D eigenvalue weighted by atomic mass is 10.2. The Morgan fingerprint density at radius 3 is 3.00 bits per heavy atom. The summed E-state index contributed by atoms with van der Waals surface area (Å²) in [5.74, 6) is 0. The summed E-state index contributed by atoms with van der Waals surface area (Å²) in [5.41, 5.74) is 1.28. The summed E-state index contributed by atoms with van der Waals surface area (Å²) in [6.45, 7) is 0.890. The first-order valence-electron chi connectivity index (χ1n) is 4.80. The van der Waals surface area contributed by atoms with Crippen LogP contribution in [0.5, 0.6) is 0 Å². The first-order valence-corrected chi connectivity index (χ1v) is 7.29. The molecule has 0 fully saturated rings. The summed E-state index contributed by atoms with van der Waals surface area (Å²) in [6.07, 6.45) is 1.83. The van der Waals surface area contributed by atoms with Gasteiger partial charge in [0, 0.05) is 27.5 Å². The number of halogens is 1. The van der Waals surface area contributed by atoms with Gasteiger partial charge in [0.1, 0.15) is 0 Å². The van der Waals surface area contributed by atoms with E-state index >= 15 is 0 Å². The highest BCUT2D eigenvalue weighted by Gasteiger charge is 2.05. The first kappa shape index (κ1) is 12.1. The third kappa shape index (κ3) is 3.07. The average Bonchev–Trinajstić information content (AvgIpc) is 2.75. The smallest absolute Gasteiger partial charge is 0.154 e. The van der Waals surface area contributed by atoms with E-state index in [1.54, 1.807) is 23.1 Å². The lowest BCUT2D eigenvalue weighted by molar-refractivity contribution is 0.816. The molecule has 0 radical (unpaired) electrons. The minimum atomic E-state index is 0.890. The topological polar surface area (TPSA) is 24.9 Å². The van der Waals surface area contributed by atoms with Gasteiger partial charge in [0.05, 0.1) is 0 Å². The molecular formula is C11H11BrN2S2. The summed E-state index contributed by atoms with van der Waals surface area (Å²) in [4.78, 5) is 5.46. The predicted molar refractivity (Wildman–Crippen MR) is 73.1 cm³/mol. The minimum Gasteiger partial charge on any atom is -0.316 e. The van der Waals surface area contributed by atoms with Crippen LogP contribution in [0.2, 0.25) is 0 Å². The van der Waals surface area contributed by atoms with Crippen LogP contribution in [0.15, 0.2) is 43.5 Å². The Hall–Kier alpha value is -0.360. The number of thiazole rings is 1. The molecule has 0 saturated heterocycles. The van der Waals surface area contributed by atoms with Crippen LogP contribution in [0.1, 0.15) is 5.56 Å². The van der Waals surface area contributed by atoms with E-state index in [1.807, 2.05) is 18.6 Å². The molecule has 1 aromatic heterocycles. The molecular weight excluding hydrogens is 304 g/mol. The molecule has 0 atom stereocenters. The van der Waals surface area contributed by atoms with Gasteiger partial charge in [-0.15, -0.1) is 11.3 Å². The van der Waals surface area contributed by atoms with Crippen molar-refractivity contribution in [3.63, 3.8) is 0 Å². The van der Waals surface area contributed by atoms with Crippen molar-refractivity contribution in [2.24, 2.45) is 0 Å². The second kappa shape index (κ2) is 5.82. The molecule has 1 N–H and O–H groups in total. The molecule has 0 bridgehead atoms. The number of hydrogen-bond acceptors (Lipinski definition) is 4. The largest absolute Gasteiger partial charge is 0.316 e. The number of rotatable bonds is 4. The van der Waals surface area contributed by atoms with Gasteiger partial charge in [0.15, 0.2) is 4.34 Å². The quantitative estimate of drug-likeness (QED) is 0.929. The standard InChI is InChI=1S/C11H11BrN2S2/c1-13-7-8-2-3-10(9(12)6-8)16-11-14-4-5-15-11/h2-6,13H,7H2,1H3. The van der Waals surface area contributed by atoms with Crippen LogP contribution in [0.4, 0.5) is 0 Å². The van der Waals surface area contributed by atoms with E-state index in [0.29, 0.717) is 0 Å². The molecule has 1 aromatic carbocycles. The average molecular weight is 315 g/mol. The monoisotopic (exact) mass is 314 g/mol. The van der Waals surface area contributed by atoms with Gasteiger partial charge in [-0.05, 0) is 40.7 Å². The lowest BCUT2D eigenvalue weighted by Crippen LogP contribution is -2.04. The van der Waals surface area contributed by atoms with E-state index in [4.69, 9.17) is 0 Å². The molecule has 0 aliphatic carbocycles. The van der Waals surface area contributed by atoms with E-state index in [9.17, 15) is 0 Å². The maximum absolute atomic E-state index is 4.26. The highest BCUT2D eigenvalue weighted by atomic mass is 79.9. The molecule has 16 heavy (non-hydrogen) atoms. The fourth-order valence-corrected chi connectivity index (χ4v) is 3.55. The van der Waals surface area contributed by atoms with Crippen molar-refractivity contribution in [3.05, 3.63) is 39.8 Å². The van der Waals surface area contributed by atoms with E-state index < -0.39 is 0 Å². The Morgan fingerprint density at radius 2 is 2.38 bits per heavy atom. The number of benzene rings is 1. The van der Waals surface area contributed by atoms with Crippen LogP contribution in [0.25, 0.3) is 0 Å². The molecule has 1 heterocycles. The Balaban J connectivity index is 2.16. The number of nitrogens with zero attached hydrogens (tertiary/aromatic N) is 1. The van der Waals surface area contributed by atoms with E-state index in [2.05, 4.69) is 44.4 Å². The molecule has 0 saturated carbocycles. The van der Waals surface area contributed by atoms with Gasteiger partial charge in [-0.2, -0.15) is 0 Å². The minimum absolute atomic E-state index is 0.890. The van der Waals surface area contributed by atoms with Crippen molar-refractivity contribution < 1.29 is 0 Å². The number of nitrogens with one attached hydrogen (secondary N) is 1. The summed E-state index contributed by atoms with van der Waals surface area (Å²) < 4.78 is 2.20. The Bertz CT molecular complexity index is 457. The van der Waals surface area contributed by atoms with Crippen molar-refractivity contribution in [3.8, 4) is 0 Å². The first-order chi connectivity index (χ1) is 7.79. The SMILES string of the molecule is CNCc1ccc(Sc2nccs2)c(Br)c1. The van der Waals surface area contributed by atoms with Crippen LogP contribution in [-0.2, 0) is 6.54 Å². The molecule has 0 aliphatic rings. The molecule has 0 spiro atoms. The normalized spacial score (nSPS) is 10.6. The third-order valence-corrected chi connectivity index (χ3v) is 4.86. The fraction of sp³-hybridized carbons (Fsp3) is 0.182. The van der Waals surface area contributed by atoms with Gasteiger partial charge in [0.25, 0.3) is 0 Å². The maximum Gasteiger partial charge on any atom is 0.154 e. The zero-order valence-electron chi connectivity index (χ0n) is 8.74. The van der Waals surface area contributed by atoms with Gasteiger partial charge in [-0.3, -0.25) is 0 Å². The second-order valence-electron chi connectivity index (χ2n) is 3.20. The zero-order chi connectivity index (χ0) is 11.4. The fourth-order valence-electron chi connectivity index (χ4n) is 1.30. The van der Waals surface area contributed by atoms with Gasteiger partial charge >= 0.3 is 0 Å². The lowest BCUT2D eigenvalue weighted by Gasteiger charge is -2.05. The summed E-state index contributed by atoms with van der Waals surface area (Å²) >= 11 is 6.94. The molecule has 2 rings (SSSR count). The predicted octanol–water partition coefficient (Wildman–Crippen LogP) is 3.78. The summed E-state index contributed by atoms with van der Waals surface area (Å²) in [6, 6.07) is 6.41. The van der Waals surface area contributed by atoms with Gasteiger partial charge in [0.2, 0.25) is 0 Å². The van der Waals surface area contributed by atoms with Gasteiger partial charge in [-0.1, -0.05) is 17.8 Å². The summed E-state index contributed by atoms with van der Waals surface area (Å²) in [7, 11) is 1.95. The van der Waals surface area contributed by atoms with Gasteiger partial charge < -0.3 is 5.32 Å². The van der Waals surface area contributed by atoms with Gasteiger partial charge in [-0.25, -0.2) is 4.98 Å². The van der Waals surface area contributed by atoms with Crippen LogP contribution in [0.3, 0.4) is 0 Å². The highest BCUT2D eigenvalue weighted by molar-refractivity contribution is 9.10. The molecule has 2 aromatic rings. The molecule has 0 amide bonds. The zero-order valence-corrected chi connectivity index (χ0v) is 12.0. The van der Waals surface area contributed by atoms with Crippen LogP contribution >= 0.6 is 39.0 Å². The highest BCUT2D eigenvalue weighted by Crippen LogP contribution is 2.34. The molecule has 84 valence electrons. The van der Waals surface area contributed by atoms with E-state index in [-0.39, 0.29) is 0 Å². The third-order valence-electron chi connectivity index (χ3n) is 1.98.